The summed E-state index contributed by atoms with van der Waals surface area (Å²) < 4.78 is 27.7. The van der Waals surface area contributed by atoms with Crippen LogP contribution >= 0.6 is 15.9 Å². The van der Waals surface area contributed by atoms with Gasteiger partial charge in [-0.1, -0.05) is 13.8 Å². The molecule has 1 unspecified atom stereocenters. The van der Waals surface area contributed by atoms with Gasteiger partial charge in [-0.2, -0.15) is 0 Å². The maximum atomic E-state index is 13.8. The highest BCUT2D eigenvalue weighted by molar-refractivity contribution is 9.10. The SMILES string of the molecule is CCCNCCC(C)c1c(F)ccc(Br)c1F. The molecular formula is C13H18BrF2N. The first-order chi connectivity index (χ1) is 8.07. The minimum Gasteiger partial charge on any atom is -0.317 e. The van der Waals surface area contributed by atoms with Gasteiger partial charge >= 0.3 is 0 Å². The molecule has 0 aliphatic carbocycles. The van der Waals surface area contributed by atoms with E-state index in [0.717, 1.165) is 25.9 Å². The average Bonchev–Trinajstić information content (AvgIpc) is 2.30. The highest BCUT2D eigenvalue weighted by atomic mass is 79.9. The molecule has 0 saturated carbocycles. The summed E-state index contributed by atoms with van der Waals surface area (Å²) in [6.45, 7) is 5.65. The van der Waals surface area contributed by atoms with Gasteiger partial charge in [-0.25, -0.2) is 8.78 Å². The second-order valence-corrected chi connectivity index (χ2v) is 5.05. The number of benzene rings is 1. The van der Waals surface area contributed by atoms with Crippen LogP contribution in [-0.4, -0.2) is 13.1 Å². The van der Waals surface area contributed by atoms with Crippen molar-refractivity contribution < 1.29 is 8.78 Å². The molecule has 0 heterocycles. The smallest absolute Gasteiger partial charge is 0.143 e. The Labute approximate surface area is 110 Å². The lowest BCUT2D eigenvalue weighted by Gasteiger charge is -2.15. The first kappa shape index (κ1) is 14.6. The topological polar surface area (TPSA) is 12.0 Å². The third-order valence-electron chi connectivity index (χ3n) is 2.75. The van der Waals surface area contributed by atoms with Crippen LogP contribution in [0.2, 0.25) is 0 Å². The summed E-state index contributed by atoms with van der Waals surface area (Å²) in [5, 5.41) is 3.23. The van der Waals surface area contributed by atoms with Crippen LogP contribution in [0.5, 0.6) is 0 Å². The van der Waals surface area contributed by atoms with Crippen LogP contribution in [0, 0.1) is 11.6 Å². The quantitative estimate of drug-likeness (QED) is 0.613. The lowest BCUT2D eigenvalue weighted by Crippen LogP contribution is -2.18. The van der Waals surface area contributed by atoms with Gasteiger partial charge in [0.1, 0.15) is 11.6 Å². The fourth-order valence-electron chi connectivity index (χ4n) is 1.76. The lowest BCUT2D eigenvalue weighted by molar-refractivity contribution is 0.506. The van der Waals surface area contributed by atoms with E-state index in [1.807, 2.05) is 6.92 Å². The second-order valence-electron chi connectivity index (χ2n) is 4.20. The van der Waals surface area contributed by atoms with Gasteiger partial charge in [0.25, 0.3) is 0 Å². The van der Waals surface area contributed by atoms with Crippen molar-refractivity contribution in [1.29, 1.82) is 0 Å². The van der Waals surface area contributed by atoms with Crippen molar-refractivity contribution >= 4 is 15.9 Å². The van der Waals surface area contributed by atoms with E-state index in [9.17, 15) is 8.78 Å². The standard InChI is InChI=1S/C13H18BrF2N/c1-3-7-17-8-6-9(2)12-11(15)5-4-10(14)13(12)16/h4-5,9,17H,3,6-8H2,1-2H3. The number of halogens is 3. The van der Waals surface area contributed by atoms with E-state index in [2.05, 4.69) is 28.2 Å². The van der Waals surface area contributed by atoms with E-state index in [1.165, 1.54) is 12.1 Å². The molecule has 0 radical (unpaired) electrons. The Balaban J connectivity index is 2.68. The molecule has 0 aromatic heterocycles. The molecule has 0 saturated heterocycles. The van der Waals surface area contributed by atoms with E-state index < -0.39 is 11.6 Å². The van der Waals surface area contributed by atoms with E-state index in [4.69, 9.17) is 0 Å². The summed E-state index contributed by atoms with van der Waals surface area (Å²) in [7, 11) is 0. The van der Waals surface area contributed by atoms with E-state index in [0.29, 0.717) is 4.47 Å². The third kappa shape index (κ3) is 4.03. The minimum absolute atomic E-state index is 0.128. The molecule has 1 rings (SSSR count). The first-order valence-corrected chi connectivity index (χ1v) is 6.71. The van der Waals surface area contributed by atoms with Gasteiger partial charge < -0.3 is 5.32 Å². The van der Waals surface area contributed by atoms with Gasteiger partial charge in [-0.05, 0) is 59.9 Å². The van der Waals surface area contributed by atoms with Crippen molar-refractivity contribution in [2.24, 2.45) is 0 Å². The van der Waals surface area contributed by atoms with Gasteiger partial charge in [0, 0.05) is 5.56 Å². The Morgan fingerprint density at radius 2 is 2.00 bits per heavy atom. The summed E-state index contributed by atoms with van der Waals surface area (Å²) >= 11 is 3.08. The molecule has 96 valence electrons. The van der Waals surface area contributed by atoms with Gasteiger partial charge in [0.15, 0.2) is 0 Å². The molecule has 1 N–H and O–H groups in total. The molecule has 0 aliphatic heterocycles. The summed E-state index contributed by atoms with van der Waals surface area (Å²) in [6.07, 6.45) is 1.79. The van der Waals surface area contributed by atoms with Crippen LogP contribution in [0.1, 0.15) is 38.2 Å². The molecule has 0 amide bonds. The normalized spacial score (nSPS) is 12.8. The maximum absolute atomic E-state index is 13.8. The van der Waals surface area contributed by atoms with Gasteiger partial charge in [0.2, 0.25) is 0 Å². The van der Waals surface area contributed by atoms with Gasteiger partial charge in [-0.3, -0.25) is 0 Å². The zero-order valence-corrected chi connectivity index (χ0v) is 11.8. The van der Waals surface area contributed by atoms with E-state index in [1.54, 1.807) is 0 Å². The van der Waals surface area contributed by atoms with Crippen molar-refractivity contribution in [2.75, 3.05) is 13.1 Å². The van der Waals surface area contributed by atoms with Gasteiger partial charge in [0.05, 0.1) is 4.47 Å². The number of hydrogen-bond acceptors (Lipinski definition) is 1. The van der Waals surface area contributed by atoms with Crippen molar-refractivity contribution in [3.63, 3.8) is 0 Å². The number of nitrogens with one attached hydrogen (secondary N) is 1. The summed E-state index contributed by atoms with van der Waals surface area (Å²) in [4.78, 5) is 0. The van der Waals surface area contributed by atoms with Crippen LogP contribution in [0.4, 0.5) is 8.78 Å². The molecule has 1 atom stereocenters. The fraction of sp³-hybridized carbons (Fsp3) is 0.538. The predicted molar refractivity (Wildman–Crippen MR) is 70.3 cm³/mol. The molecule has 1 nitrogen and oxygen atoms in total. The zero-order valence-electron chi connectivity index (χ0n) is 10.2. The summed E-state index contributed by atoms with van der Waals surface area (Å²) in [6, 6.07) is 2.70. The molecular weight excluding hydrogens is 288 g/mol. The van der Waals surface area contributed by atoms with E-state index in [-0.39, 0.29) is 11.5 Å². The monoisotopic (exact) mass is 305 g/mol. The Bertz CT molecular complexity index is 369. The number of rotatable bonds is 6. The largest absolute Gasteiger partial charge is 0.317 e. The van der Waals surface area contributed by atoms with E-state index >= 15 is 0 Å². The molecule has 1 aromatic rings. The molecule has 0 aliphatic rings. The highest BCUT2D eigenvalue weighted by Gasteiger charge is 2.18. The second kappa shape index (κ2) is 7.07. The maximum Gasteiger partial charge on any atom is 0.143 e. The minimum atomic E-state index is -0.479. The Kier molecular flexibility index (Phi) is 6.06. The predicted octanol–water partition coefficient (Wildman–Crippen LogP) is 4.22. The first-order valence-electron chi connectivity index (χ1n) is 5.92. The summed E-state index contributed by atoms with van der Waals surface area (Å²) in [5.74, 6) is -1.07. The third-order valence-corrected chi connectivity index (χ3v) is 3.37. The molecule has 0 spiro atoms. The Morgan fingerprint density at radius 1 is 1.29 bits per heavy atom. The van der Waals surface area contributed by atoms with Gasteiger partial charge in [-0.15, -0.1) is 0 Å². The van der Waals surface area contributed by atoms with Crippen LogP contribution in [0.15, 0.2) is 16.6 Å². The van der Waals surface area contributed by atoms with Crippen LogP contribution < -0.4 is 5.32 Å². The Hall–Kier alpha value is -0.480. The van der Waals surface area contributed by atoms with Crippen molar-refractivity contribution in [2.45, 2.75) is 32.6 Å². The van der Waals surface area contributed by atoms with Crippen LogP contribution in [-0.2, 0) is 0 Å². The molecule has 4 heteroatoms. The molecule has 1 aromatic carbocycles. The Morgan fingerprint density at radius 3 is 2.65 bits per heavy atom. The summed E-state index contributed by atoms with van der Waals surface area (Å²) in [5.41, 5.74) is 0.178. The van der Waals surface area contributed by atoms with Crippen molar-refractivity contribution in [3.05, 3.63) is 33.8 Å². The molecule has 0 fully saturated rings. The molecule has 0 bridgehead atoms. The average molecular weight is 306 g/mol. The molecule has 17 heavy (non-hydrogen) atoms. The fourth-order valence-corrected chi connectivity index (χ4v) is 2.10. The van der Waals surface area contributed by atoms with Crippen LogP contribution in [0.25, 0.3) is 0 Å². The van der Waals surface area contributed by atoms with Crippen molar-refractivity contribution in [1.82, 2.24) is 5.32 Å². The van der Waals surface area contributed by atoms with Crippen LogP contribution in [0.3, 0.4) is 0 Å². The lowest BCUT2D eigenvalue weighted by atomic mass is 9.96. The highest BCUT2D eigenvalue weighted by Crippen LogP contribution is 2.29. The van der Waals surface area contributed by atoms with Crippen molar-refractivity contribution in [3.8, 4) is 0 Å². The zero-order chi connectivity index (χ0) is 12.8. The number of hydrogen-bond donors (Lipinski definition) is 1.